The number of nitrogens with zero attached hydrogens (tertiary/aromatic N) is 3. The summed E-state index contributed by atoms with van der Waals surface area (Å²) in [5.74, 6) is 0. The third kappa shape index (κ3) is 2.30. The van der Waals surface area contributed by atoms with Crippen molar-refractivity contribution in [3.8, 4) is 0 Å². The van der Waals surface area contributed by atoms with Crippen molar-refractivity contribution in [1.82, 2.24) is 20.3 Å². The summed E-state index contributed by atoms with van der Waals surface area (Å²) >= 11 is 0. The van der Waals surface area contributed by atoms with Crippen molar-refractivity contribution < 1.29 is 0 Å². The molecule has 3 rings (SSSR count). The fraction of sp³-hybridized carbons (Fsp3) is 0.133. The lowest BCUT2D eigenvalue weighted by Crippen LogP contribution is -2.19. The number of pyridine rings is 1. The first-order chi connectivity index (χ1) is 9.38. The van der Waals surface area contributed by atoms with Crippen LogP contribution in [0.4, 0.5) is 0 Å². The number of hydrogen-bond acceptors (Lipinski definition) is 4. The highest BCUT2D eigenvalue weighted by Crippen LogP contribution is 2.22. The zero-order valence-corrected chi connectivity index (χ0v) is 10.6. The molecule has 94 valence electrons. The Morgan fingerprint density at radius 1 is 1.05 bits per heavy atom. The zero-order valence-electron chi connectivity index (χ0n) is 10.6. The van der Waals surface area contributed by atoms with E-state index in [0.717, 1.165) is 22.2 Å². The number of benzene rings is 1. The van der Waals surface area contributed by atoms with Gasteiger partial charge in [-0.25, -0.2) is 0 Å². The predicted molar refractivity (Wildman–Crippen MR) is 74.7 cm³/mol. The third-order valence-electron chi connectivity index (χ3n) is 3.13. The molecule has 0 bridgehead atoms. The topological polar surface area (TPSA) is 50.7 Å². The Morgan fingerprint density at radius 2 is 2.00 bits per heavy atom. The molecule has 0 aliphatic carbocycles. The number of nitrogens with one attached hydrogen (secondary N) is 1. The fourth-order valence-corrected chi connectivity index (χ4v) is 2.21. The van der Waals surface area contributed by atoms with Crippen molar-refractivity contribution in [2.75, 3.05) is 7.05 Å². The minimum absolute atomic E-state index is 0.0279. The van der Waals surface area contributed by atoms with Crippen LogP contribution < -0.4 is 5.32 Å². The molecule has 3 aromatic rings. The molecular formula is C15H14N4. The van der Waals surface area contributed by atoms with E-state index in [1.165, 1.54) is 0 Å². The lowest BCUT2D eigenvalue weighted by Gasteiger charge is -2.16. The SMILES string of the molecule is CNC(c1ccc2cccnc2c1)c1cnccn1. The van der Waals surface area contributed by atoms with Crippen LogP contribution in [0, 0.1) is 0 Å². The highest BCUT2D eigenvalue weighted by atomic mass is 14.9. The molecule has 1 atom stereocenters. The molecule has 19 heavy (non-hydrogen) atoms. The molecule has 0 aliphatic heterocycles. The summed E-state index contributed by atoms with van der Waals surface area (Å²) < 4.78 is 0. The fourth-order valence-electron chi connectivity index (χ4n) is 2.21. The van der Waals surface area contributed by atoms with Crippen molar-refractivity contribution in [3.05, 3.63) is 66.4 Å². The molecule has 1 N–H and O–H groups in total. The Morgan fingerprint density at radius 3 is 2.79 bits per heavy atom. The average molecular weight is 250 g/mol. The summed E-state index contributed by atoms with van der Waals surface area (Å²) in [6, 6.07) is 10.3. The van der Waals surface area contributed by atoms with Crippen LogP contribution in [0.1, 0.15) is 17.3 Å². The smallest absolute Gasteiger partial charge is 0.0801 e. The lowest BCUT2D eigenvalue weighted by molar-refractivity contribution is 0.667. The number of hydrogen-bond donors (Lipinski definition) is 1. The van der Waals surface area contributed by atoms with Gasteiger partial charge in [-0.2, -0.15) is 0 Å². The first-order valence-electron chi connectivity index (χ1n) is 6.16. The van der Waals surface area contributed by atoms with Gasteiger partial charge in [0.25, 0.3) is 0 Å². The molecule has 4 heteroatoms. The molecule has 4 nitrogen and oxygen atoms in total. The van der Waals surface area contributed by atoms with E-state index in [1.807, 2.05) is 19.3 Å². The van der Waals surface area contributed by atoms with Crippen LogP contribution in [0.15, 0.2) is 55.1 Å². The Hall–Kier alpha value is -2.33. The van der Waals surface area contributed by atoms with E-state index in [0.29, 0.717) is 0 Å². The van der Waals surface area contributed by atoms with E-state index in [1.54, 1.807) is 18.6 Å². The van der Waals surface area contributed by atoms with Crippen LogP contribution in [-0.2, 0) is 0 Å². The maximum atomic E-state index is 4.39. The van der Waals surface area contributed by atoms with E-state index in [2.05, 4.69) is 44.5 Å². The van der Waals surface area contributed by atoms with Crippen molar-refractivity contribution >= 4 is 10.9 Å². The molecule has 2 aromatic heterocycles. The van der Waals surface area contributed by atoms with Crippen LogP contribution in [0.2, 0.25) is 0 Å². The monoisotopic (exact) mass is 250 g/mol. The van der Waals surface area contributed by atoms with Gasteiger partial charge in [-0.15, -0.1) is 0 Å². The summed E-state index contributed by atoms with van der Waals surface area (Å²) in [4.78, 5) is 12.9. The number of fused-ring (bicyclic) bond motifs is 1. The molecule has 0 fully saturated rings. The second-order valence-corrected chi connectivity index (χ2v) is 4.31. The molecule has 1 aromatic carbocycles. The van der Waals surface area contributed by atoms with Crippen LogP contribution in [0.3, 0.4) is 0 Å². The summed E-state index contributed by atoms with van der Waals surface area (Å²) in [5.41, 5.74) is 3.03. The molecule has 0 radical (unpaired) electrons. The van der Waals surface area contributed by atoms with Gasteiger partial charge in [-0.05, 0) is 24.7 Å². The van der Waals surface area contributed by atoms with Gasteiger partial charge in [0.2, 0.25) is 0 Å². The van der Waals surface area contributed by atoms with Crippen LogP contribution in [0.25, 0.3) is 10.9 Å². The largest absolute Gasteiger partial charge is 0.308 e. The van der Waals surface area contributed by atoms with Gasteiger partial charge in [0, 0.05) is 24.0 Å². The Kier molecular flexibility index (Phi) is 3.16. The van der Waals surface area contributed by atoms with Crippen LogP contribution in [0.5, 0.6) is 0 Å². The highest BCUT2D eigenvalue weighted by Gasteiger charge is 2.13. The molecule has 1 unspecified atom stereocenters. The van der Waals surface area contributed by atoms with Crippen molar-refractivity contribution in [2.45, 2.75) is 6.04 Å². The maximum Gasteiger partial charge on any atom is 0.0801 e. The van der Waals surface area contributed by atoms with E-state index in [9.17, 15) is 0 Å². The quantitative estimate of drug-likeness (QED) is 0.775. The van der Waals surface area contributed by atoms with Gasteiger partial charge >= 0.3 is 0 Å². The Labute approximate surface area is 111 Å². The summed E-state index contributed by atoms with van der Waals surface area (Å²) in [5, 5.41) is 4.41. The first kappa shape index (κ1) is 11.7. The van der Waals surface area contributed by atoms with Crippen LogP contribution in [-0.4, -0.2) is 22.0 Å². The first-order valence-corrected chi connectivity index (χ1v) is 6.16. The minimum atomic E-state index is 0.0279. The predicted octanol–water partition coefficient (Wildman–Crippen LogP) is 2.33. The van der Waals surface area contributed by atoms with E-state index >= 15 is 0 Å². The molecule has 0 aliphatic rings. The van der Waals surface area contributed by atoms with Gasteiger partial charge in [0.1, 0.15) is 0 Å². The summed E-state index contributed by atoms with van der Waals surface area (Å²) in [6.45, 7) is 0. The van der Waals surface area contributed by atoms with Gasteiger partial charge in [-0.1, -0.05) is 18.2 Å². The third-order valence-corrected chi connectivity index (χ3v) is 3.13. The van der Waals surface area contributed by atoms with Gasteiger partial charge in [-0.3, -0.25) is 15.0 Å². The lowest BCUT2D eigenvalue weighted by atomic mass is 10.0. The summed E-state index contributed by atoms with van der Waals surface area (Å²) in [7, 11) is 1.92. The van der Waals surface area contributed by atoms with Crippen molar-refractivity contribution in [1.29, 1.82) is 0 Å². The van der Waals surface area contributed by atoms with E-state index in [-0.39, 0.29) is 6.04 Å². The van der Waals surface area contributed by atoms with Gasteiger partial charge < -0.3 is 5.32 Å². The molecule has 0 saturated carbocycles. The van der Waals surface area contributed by atoms with Gasteiger partial charge in [0.05, 0.1) is 23.4 Å². The average Bonchev–Trinajstić information content (AvgIpc) is 2.49. The van der Waals surface area contributed by atoms with Crippen molar-refractivity contribution in [2.24, 2.45) is 0 Å². The molecule has 2 heterocycles. The maximum absolute atomic E-state index is 4.39. The minimum Gasteiger partial charge on any atom is -0.308 e. The van der Waals surface area contributed by atoms with Crippen LogP contribution >= 0.6 is 0 Å². The van der Waals surface area contributed by atoms with E-state index < -0.39 is 0 Å². The highest BCUT2D eigenvalue weighted by molar-refractivity contribution is 5.79. The molecule has 0 amide bonds. The standard InChI is InChI=1S/C15H14N4/c1-16-15(14-10-17-7-8-19-14)12-5-4-11-3-2-6-18-13(11)9-12/h2-10,15-16H,1H3. The second kappa shape index (κ2) is 5.12. The Balaban J connectivity index is 2.06. The Bertz CT molecular complexity index is 682. The van der Waals surface area contributed by atoms with E-state index in [4.69, 9.17) is 0 Å². The molecule has 0 saturated heterocycles. The molecular weight excluding hydrogens is 236 g/mol. The summed E-state index contributed by atoms with van der Waals surface area (Å²) in [6.07, 6.45) is 6.98. The zero-order chi connectivity index (χ0) is 13.1. The molecule has 0 spiro atoms. The van der Waals surface area contributed by atoms with Gasteiger partial charge in [0.15, 0.2) is 0 Å². The second-order valence-electron chi connectivity index (χ2n) is 4.31. The number of aromatic nitrogens is 3. The van der Waals surface area contributed by atoms with Crippen molar-refractivity contribution in [3.63, 3.8) is 0 Å². The normalized spacial score (nSPS) is 12.5. The number of rotatable bonds is 3.